The number of benzene rings is 1. The third-order valence-electron chi connectivity index (χ3n) is 2.56. The second-order valence-corrected chi connectivity index (χ2v) is 4.27. The normalized spacial score (nSPS) is 10.3. The van der Waals surface area contributed by atoms with Gasteiger partial charge in [0.1, 0.15) is 5.82 Å². The standard InChI is InChI=1S/C13H13ClFN3/c14-11-6-8-18-13(12(11)16)17-7-5-9-1-3-10(15)4-2-9/h1-4,6,8H,5,7,16H2,(H,17,18). The van der Waals surface area contributed by atoms with Crippen molar-refractivity contribution in [3.05, 3.63) is 52.9 Å². The monoisotopic (exact) mass is 265 g/mol. The molecule has 2 rings (SSSR count). The first-order chi connectivity index (χ1) is 8.66. The number of nitrogen functional groups attached to an aromatic ring is 1. The highest BCUT2D eigenvalue weighted by atomic mass is 35.5. The molecular formula is C13H13ClFN3. The molecule has 0 saturated heterocycles. The van der Waals surface area contributed by atoms with E-state index in [1.54, 1.807) is 24.4 Å². The van der Waals surface area contributed by atoms with Crippen LogP contribution in [0.3, 0.4) is 0 Å². The number of pyridine rings is 1. The van der Waals surface area contributed by atoms with Gasteiger partial charge in [-0.15, -0.1) is 0 Å². The van der Waals surface area contributed by atoms with Gasteiger partial charge in [0, 0.05) is 12.7 Å². The fraction of sp³-hybridized carbons (Fsp3) is 0.154. The first kappa shape index (κ1) is 12.6. The SMILES string of the molecule is Nc1c(Cl)ccnc1NCCc1ccc(F)cc1. The number of hydrogen-bond donors (Lipinski definition) is 2. The van der Waals surface area contributed by atoms with Gasteiger partial charge in [0.15, 0.2) is 5.82 Å². The Labute approximate surface area is 110 Å². The highest BCUT2D eigenvalue weighted by Crippen LogP contribution is 2.24. The summed E-state index contributed by atoms with van der Waals surface area (Å²) in [6.07, 6.45) is 2.35. The van der Waals surface area contributed by atoms with Crippen molar-refractivity contribution in [1.29, 1.82) is 0 Å². The summed E-state index contributed by atoms with van der Waals surface area (Å²) < 4.78 is 12.7. The molecule has 3 nitrogen and oxygen atoms in total. The first-order valence-electron chi connectivity index (χ1n) is 5.55. The topological polar surface area (TPSA) is 50.9 Å². The molecule has 1 heterocycles. The average Bonchev–Trinajstić information content (AvgIpc) is 2.37. The molecular weight excluding hydrogens is 253 g/mol. The Hall–Kier alpha value is -1.81. The molecule has 0 radical (unpaired) electrons. The largest absolute Gasteiger partial charge is 0.395 e. The summed E-state index contributed by atoms with van der Waals surface area (Å²) in [5, 5.41) is 3.58. The van der Waals surface area contributed by atoms with Crippen molar-refractivity contribution >= 4 is 23.1 Å². The van der Waals surface area contributed by atoms with Gasteiger partial charge in [-0.05, 0) is 30.2 Å². The van der Waals surface area contributed by atoms with E-state index in [0.717, 1.165) is 12.0 Å². The lowest BCUT2D eigenvalue weighted by atomic mass is 10.1. The molecule has 0 fully saturated rings. The van der Waals surface area contributed by atoms with E-state index in [4.69, 9.17) is 17.3 Å². The van der Waals surface area contributed by atoms with Gasteiger partial charge in [-0.1, -0.05) is 23.7 Å². The maximum atomic E-state index is 12.7. The number of nitrogens with one attached hydrogen (secondary N) is 1. The summed E-state index contributed by atoms with van der Waals surface area (Å²) in [6.45, 7) is 0.656. The predicted molar refractivity (Wildman–Crippen MR) is 72.3 cm³/mol. The number of aromatic nitrogens is 1. The van der Waals surface area contributed by atoms with E-state index in [-0.39, 0.29) is 5.82 Å². The summed E-state index contributed by atoms with van der Waals surface area (Å²) in [6, 6.07) is 8.04. The van der Waals surface area contributed by atoms with Gasteiger partial charge in [-0.3, -0.25) is 0 Å². The highest BCUT2D eigenvalue weighted by Gasteiger charge is 2.03. The molecule has 3 N–H and O–H groups in total. The molecule has 0 aliphatic carbocycles. The van der Waals surface area contributed by atoms with Gasteiger partial charge in [0.05, 0.1) is 10.7 Å². The third-order valence-corrected chi connectivity index (χ3v) is 2.89. The van der Waals surface area contributed by atoms with Crippen LogP contribution in [-0.4, -0.2) is 11.5 Å². The van der Waals surface area contributed by atoms with Crippen LogP contribution in [0.4, 0.5) is 15.9 Å². The summed E-state index contributed by atoms with van der Waals surface area (Å²) >= 11 is 5.88. The van der Waals surface area contributed by atoms with Crippen LogP contribution in [-0.2, 0) is 6.42 Å². The molecule has 94 valence electrons. The van der Waals surface area contributed by atoms with Crippen molar-refractivity contribution < 1.29 is 4.39 Å². The molecule has 0 saturated carbocycles. The minimum atomic E-state index is -0.229. The van der Waals surface area contributed by atoms with E-state index in [0.29, 0.717) is 23.1 Å². The lowest BCUT2D eigenvalue weighted by molar-refractivity contribution is 0.627. The van der Waals surface area contributed by atoms with Crippen LogP contribution in [0.25, 0.3) is 0 Å². The molecule has 0 bridgehead atoms. The van der Waals surface area contributed by atoms with Crippen molar-refractivity contribution in [2.75, 3.05) is 17.6 Å². The van der Waals surface area contributed by atoms with E-state index in [1.807, 2.05) is 0 Å². The number of anilines is 2. The molecule has 0 aliphatic heterocycles. The molecule has 1 aromatic carbocycles. The zero-order chi connectivity index (χ0) is 13.0. The molecule has 0 spiro atoms. The fourth-order valence-electron chi connectivity index (χ4n) is 1.57. The van der Waals surface area contributed by atoms with Crippen molar-refractivity contribution in [2.24, 2.45) is 0 Å². The second-order valence-electron chi connectivity index (χ2n) is 3.86. The molecule has 5 heteroatoms. The number of hydrogen-bond acceptors (Lipinski definition) is 3. The molecule has 1 aromatic heterocycles. The maximum absolute atomic E-state index is 12.7. The zero-order valence-corrected chi connectivity index (χ0v) is 10.4. The lowest BCUT2D eigenvalue weighted by Crippen LogP contribution is -2.08. The molecule has 0 unspecified atom stereocenters. The minimum Gasteiger partial charge on any atom is -0.395 e. The van der Waals surface area contributed by atoms with Crippen LogP contribution in [0.2, 0.25) is 5.02 Å². The quantitative estimate of drug-likeness (QED) is 0.893. The molecule has 0 atom stereocenters. The summed E-state index contributed by atoms with van der Waals surface area (Å²) in [5.74, 6) is 0.345. The average molecular weight is 266 g/mol. The summed E-state index contributed by atoms with van der Waals surface area (Å²) in [7, 11) is 0. The second kappa shape index (κ2) is 5.69. The van der Waals surface area contributed by atoms with E-state index >= 15 is 0 Å². The van der Waals surface area contributed by atoms with Crippen molar-refractivity contribution in [2.45, 2.75) is 6.42 Å². The van der Waals surface area contributed by atoms with Crippen molar-refractivity contribution in [1.82, 2.24) is 4.98 Å². The maximum Gasteiger partial charge on any atom is 0.150 e. The van der Waals surface area contributed by atoms with Gasteiger partial charge >= 0.3 is 0 Å². The first-order valence-corrected chi connectivity index (χ1v) is 5.93. The number of nitrogens with zero attached hydrogens (tertiary/aromatic N) is 1. The van der Waals surface area contributed by atoms with Gasteiger partial charge in [0.25, 0.3) is 0 Å². The van der Waals surface area contributed by atoms with Crippen molar-refractivity contribution in [3.8, 4) is 0 Å². The smallest absolute Gasteiger partial charge is 0.150 e. The molecule has 2 aromatic rings. The lowest BCUT2D eigenvalue weighted by Gasteiger charge is -2.09. The van der Waals surface area contributed by atoms with Gasteiger partial charge < -0.3 is 11.1 Å². The molecule has 0 aliphatic rings. The van der Waals surface area contributed by atoms with Gasteiger partial charge in [-0.2, -0.15) is 0 Å². The Morgan fingerprint density at radius 3 is 2.67 bits per heavy atom. The van der Waals surface area contributed by atoms with Crippen LogP contribution >= 0.6 is 11.6 Å². The van der Waals surface area contributed by atoms with Crippen LogP contribution in [0, 0.1) is 5.82 Å². The number of nitrogens with two attached hydrogens (primary N) is 1. The third kappa shape index (κ3) is 3.11. The van der Waals surface area contributed by atoms with Crippen LogP contribution in [0.5, 0.6) is 0 Å². The van der Waals surface area contributed by atoms with Crippen LogP contribution in [0.15, 0.2) is 36.5 Å². The highest BCUT2D eigenvalue weighted by molar-refractivity contribution is 6.33. The Balaban J connectivity index is 1.92. The van der Waals surface area contributed by atoms with Gasteiger partial charge in [0.2, 0.25) is 0 Å². The molecule has 0 amide bonds. The van der Waals surface area contributed by atoms with E-state index < -0.39 is 0 Å². The van der Waals surface area contributed by atoms with E-state index in [2.05, 4.69) is 10.3 Å². The van der Waals surface area contributed by atoms with E-state index in [1.165, 1.54) is 12.1 Å². The minimum absolute atomic E-state index is 0.229. The Kier molecular flexibility index (Phi) is 3.99. The van der Waals surface area contributed by atoms with Crippen LogP contribution < -0.4 is 11.1 Å². The van der Waals surface area contributed by atoms with Crippen LogP contribution in [0.1, 0.15) is 5.56 Å². The summed E-state index contributed by atoms with van der Waals surface area (Å²) in [4.78, 5) is 4.10. The Bertz CT molecular complexity index is 528. The Morgan fingerprint density at radius 2 is 1.94 bits per heavy atom. The summed E-state index contributed by atoms with van der Waals surface area (Å²) in [5.41, 5.74) is 7.26. The number of rotatable bonds is 4. The predicted octanol–water partition coefficient (Wildman–Crippen LogP) is 3.11. The van der Waals surface area contributed by atoms with Gasteiger partial charge in [-0.25, -0.2) is 9.37 Å². The fourth-order valence-corrected chi connectivity index (χ4v) is 1.71. The van der Waals surface area contributed by atoms with Crippen molar-refractivity contribution in [3.63, 3.8) is 0 Å². The number of halogens is 2. The molecule has 18 heavy (non-hydrogen) atoms. The zero-order valence-electron chi connectivity index (χ0n) is 9.66. The Morgan fingerprint density at radius 1 is 1.22 bits per heavy atom. The van der Waals surface area contributed by atoms with E-state index in [9.17, 15) is 4.39 Å².